The molecule has 4 amide bonds. The first-order chi connectivity index (χ1) is 23.9. The number of nitrogens with one attached hydrogen (secondary N) is 2. The van der Waals surface area contributed by atoms with Crippen molar-refractivity contribution in [2.24, 2.45) is 0 Å². The van der Waals surface area contributed by atoms with Crippen LogP contribution in [0.3, 0.4) is 0 Å². The lowest BCUT2D eigenvalue weighted by atomic mass is 10.0. The van der Waals surface area contributed by atoms with Crippen molar-refractivity contribution in [2.45, 2.75) is 81.6 Å². The third-order valence-electron chi connectivity index (χ3n) is 10.4. The van der Waals surface area contributed by atoms with Gasteiger partial charge in [-0.15, -0.1) is 0 Å². The summed E-state index contributed by atoms with van der Waals surface area (Å²) >= 11 is 0. The van der Waals surface area contributed by atoms with E-state index in [0.29, 0.717) is 37.7 Å². The molecule has 14 heteroatoms. The second-order valence-corrected chi connectivity index (χ2v) is 16.4. The van der Waals surface area contributed by atoms with E-state index in [2.05, 4.69) is 43.5 Å². The molecule has 0 bridgehead atoms. The number of piperazine rings is 1. The predicted octanol–water partition coefficient (Wildman–Crippen LogP) is 2.47. The Kier molecular flexibility index (Phi) is 9.61. The maximum Gasteiger partial charge on any atom is 0.407 e. The molecule has 7 rings (SSSR count). The highest BCUT2D eigenvalue weighted by atomic mass is 32.2. The summed E-state index contributed by atoms with van der Waals surface area (Å²) in [5.74, 6) is -0.820. The number of imide groups is 1. The monoisotopic (exact) mass is 705 g/mol. The Bertz CT molecular complexity index is 1670. The first-order valence-corrected chi connectivity index (χ1v) is 18.8. The number of fused-ring (bicyclic) bond motifs is 1. The highest BCUT2D eigenvalue weighted by molar-refractivity contribution is 7.82. The van der Waals surface area contributed by atoms with Gasteiger partial charge in [0.25, 0.3) is 5.91 Å². The Morgan fingerprint density at radius 2 is 1.62 bits per heavy atom. The van der Waals surface area contributed by atoms with Crippen molar-refractivity contribution in [3.05, 3.63) is 53.6 Å². The molecule has 268 valence electrons. The van der Waals surface area contributed by atoms with E-state index in [1.807, 2.05) is 49.3 Å². The normalized spacial score (nSPS) is 23.4. The Hall–Kier alpha value is -4.01. The van der Waals surface area contributed by atoms with Crippen LogP contribution in [-0.4, -0.2) is 118 Å². The van der Waals surface area contributed by atoms with Crippen molar-refractivity contribution in [2.75, 3.05) is 62.2 Å². The van der Waals surface area contributed by atoms with Crippen LogP contribution in [0.25, 0.3) is 0 Å². The lowest BCUT2D eigenvalue weighted by molar-refractivity contribution is -0.136. The number of piperidine rings is 2. The van der Waals surface area contributed by atoms with Crippen LogP contribution in [0.1, 0.15) is 62.4 Å². The van der Waals surface area contributed by atoms with E-state index in [9.17, 15) is 23.4 Å². The second-order valence-electron chi connectivity index (χ2n) is 14.9. The quantitative estimate of drug-likeness (QED) is 0.417. The van der Waals surface area contributed by atoms with E-state index in [1.165, 1.54) is 0 Å². The molecule has 0 radical (unpaired) electrons. The molecule has 4 saturated heterocycles. The number of nitrogens with zero attached hydrogens (tertiary/aromatic N) is 5. The van der Waals surface area contributed by atoms with Gasteiger partial charge in [0, 0.05) is 94.3 Å². The van der Waals surface area contributed by atoms with Crippen LogP contribution in [-0.2, 0) is 31.9 Å². The number of ether oxygens (including phenoxy) is 1. The molecule has 50 heavy (non-hydrogen) atoms. The first kappa shape index (κ1) is 34.4. The standard InChI is InChI=1S/C36H47N7O6S/c1-36(2,3)49-35(47)37-25-11-13-42(14-12-25)50(48)29-6-4-5-26(20-29)41-22-28(23-41)40-17-15-39(16-18-40)27-7-8-30-24(19-27)21-43(34(30)46)31-9-10-32(44)38-33(31)45/h4-8,19-20,25,28,31H,9-18,21-23H2,1-3H3,(H,37,47)(H,38,44,45). The average molecular weight is 706 g/mol. The minimum absolute atomic E-state index is 0.0150. The van der Waals surface area contributed by atoms with Crippen LogP contribution in [0, 0.1) is 0 Å². The molecule has 5 aliphatic rings. The fourth-order valence-electron chi connectivity index (χ4n) is 7.58. The summed E-state index contributed by atoms with van der Waals surface area (Å²) in [6.45, 7) is 12.7. The second kappa shape index (κ2) is 14.0. The van der Waals surface area contributed by atoms with Crippen molar-refractivity contribution < 1.29 is 28.1 Å². The van der Waals surface area contributed by atoms with Gasteiger partial charge in [-0.05, 0) is 82.0 Å². The van der Waals surface area contributed by atoms with Crippen molar-refractivity contribution in [3.8, 4) is 0 Å². The van der Waals surface area contributed by atoms with Crippen molar-refractivity contribution in [3.63, 3.8) is 0 Å². The van der Waals surface area contributed by atoms with E-state index in [0.717, 1.165) is 73.9 Å². The van der Waals surface area contributed by atoms with E-state index in [1.54, 1.807) is 4.90 Å². The minimum atomic E-state index is -1.27. The maximum absolute atomic E-state index is 13.5. The van der Waals surface area contributed by atoms with Crippen molar-refractivity contribution in [1.82, 2.24) is 24.7 Å². The zero-order valence-corrected chi connectivity index (χ0v) is 29.9. The van der Waals surface area contributed by atoms with E-state index in [4.69, 9.17) is 4.74 Å². The van der Waals surface area contributed by atoms with Gasteiger partial charge in [-0.1, -0.05) is 6.07 Å². The van der Waals surface area contributed by atoms with Gasteiger partial charge >= 0.3 is 6.09 Å². The van der Waals surface area contributed by atoms with Gasteiger partial charge in [-0.3, -0.25) is 24.6 Å². The summed E-state index contributed by atoms with van der Waals surface area (Å²) in [7, 11) is -1.27. The van der Waals surface area contributed by atoms with Gasteiger partial charge in [0.1, 0.15) is 22.6 Å². The Morgan fingerprint density at radius 1 is 0.900 bits per heavy atom. The van der Waals surface area contributed by atoms with Gasteiger partial charge in [0.2, 0.25) is 11.8 Å². The summed E-state index contributed by atoms with van der Waals surface area (Å²) in [5, 5.41) is 5.31. The Morgan fingerprint density at radius 3 is 2.32 bits per heavy atom. The molecule has 4 fully saturated rings. The molecule has 0 aliphatic carbocycles. The average Bonchev–Trinajstić information content (AvgIpc) is 3.38. The molecule has 2 unspecified atom stereocenters. The molecule has 2 aromatic carbocycles. The lowest BCUT2D eigenvalue weighted by Crippen LogP contribution is -2.63. The number of rotatable bonds is 7. The van der Waals surface area contributed by atoms with Gasteiger partial charge in [0.15, 0.2) is 0 Å². The van der Waals surface area contributed by atoms with Crippen LogP contribution in [0.2, 0.25) is 0 Å². The number of carbonyl (C=O) groups is 4. The SMILES string of the molecule is CC(C)(C)OC(=O)NC1CCN(S(=O)c2cccc(N3CC(N4CCN(c5ccc6c(c5)CN(C5CCC(=O)NC5=O)C6=O)CC4)C3)c2)CC1. The lowest BCUT2D eigenvalue weighted by Gasteiger charge is -2.49. The molecule has 5 heterocycles. The number of alkyl carbamates (subject to hydrolysis) is 1. The highest BCUT2D eigenvalue weighted by Crippen LogP contribution is 2.32. The first-order valence-electron chi connectivity index (χ1n) is 17.7. The summed E-state index contributed by atoms with van der Waals surface area (Å²) in [4.78, 5) is 58.9. The van der Waals surface area contributed by atoms with Crippen molar-refractivity contribution in [1.29, 1.82) is 0 Å². The van der Waals surface area contributed by atoms with Crippen LogP contribution in [0.15, 0.2) is 47.4 Å². The van der Waals surface area contributed by atoms with E-state index in [-0.39, 0.29) is 30.2 Å². The third-order valence-corrected chi connectivity index (χ3v) is 11.9. The zero-order chi connectivity index (χ0) is 35.2. The van der Waals surface area contributed by atoms with E-state index >= 15 is 0 Å². The number of hydrogen-bond donors (Lipinski definition) is 2. The molecule has 5 aliphatic heterocycles. The number of amides is 4. The summed E-state index contributed by atoms with van der Waals surface area (Å²) in [6.07, 6.45) is 1.65. The number of benzene rings is 2. The molecule has 0 spiro atoms. The maximum atomic E-state index is 13.5. The molecular formula is C36H47N7O6S. The zero-order valence-electron chi connectivity index (χ0n) is 29.1. The fraction of sp³-hybridized carbons (Fsp3) is 0.556. The van der Waals surface area contributed by atoms with Gasteiger partial charge in [0.05, 0.1) is 4.90 Å². The topological polar surface area (TPSA) is 135 Å². The highest BCUT2D eigenvalue weighted by Gasteiger charge is 2.40. The Labute approximate surface area is 295 Å². The van der Waals surface area contributed by atoms with Gasteiger partial charge in [-0.2, -0.15) is 0 Å². The largest absolute Gasteiger partial charge is 0.444 e. The van der Waals surface area contributed by atoms with Crippen LogP contribution >= 0.6 is 0 Å². The molecule has 13 nitrogen and oxygen atoms in total. The van der Waals surface area contributed by atoms with Gasteiger partial charge < -0.3 is 24.8 Å². The molecule has 2 atom stereocenters. The Balaban J connectivity index is 0.869. The van der Waals surface area contributed by atoms with Crippen molar-refractivity contribution >= 4 is 46.2 Å². The summed E-state index contributed by atoms with van der Waals surface area (Å²) in [5.41, 5.74) is 3.20. The molecule has 0 saturated carbocycles. The minimum Gasteiger partial charge on any atom is -0.444 e. The number of anilines is 2. The van der Waals surface area contributed by atoms with Crippen LogP contribution in [0.4, 0.5) is 16.2 Å². The van der Waals surface area contributed by atoms with Gasteiger partial charge in [-0.25, -0.2) is 13.3 Å². The van der Waals surface area contributed by atoms with Crippen LogP contribution < -0.4 is 20.4 Å². The molecule has 2 N–H and O–H groups in total. The summed E-state index contributed by atoms with van der Waals surface area (Å²) < 4.78 is 20.9. The molecule has 0 aromatic heterocycles. The summed E-state index contributed by atoms with van der Waals surface area (Å²) in [6, 6.07) is 13.9. The predicted molar refractivity (Wildman–Crippen MR) is 189 cm³/mol. The fourth-order valence-corrected chi connectivity index (χ4v) is 8.84. The molecule has 2 aromatic rings. The molecular weight excluding hydrogens is 659 g/mol. The smallest absolute Gasteiger partial charge is 0.407 e. The van der Waals surface area contributed by atoms with Crippen LogP contribution in [0.5, 0.6) is 0 Å². The number of hydrogen-bond acceptors (Lipinski definition) is 9. The van der Waals surface area contributed by atoms with E-state index < -0.39 is 28.7 Å². The third kappa shape index (κ3) is 7.38. The number of carbonyl (C=O) groups excluding carboxylic acids is 4.